The van der Waals surface area contributed by atoms with Gasteiger partial charge in [0.15, 0.2) is 0 Å². The molecule has 3 heterocycles. The molecule has 9 aromatic carbocycles. The molecule has 0 saturated heterocycles. The van der Waals surface area contributed by atoms with Crippen molar-refractivity contribution in [3.05, 3.63) is 222 Å². The fourth-order valence-corrected chi connectivity index (χ4v) is 12.3. The van der Waals surface area contributed by atoms with Gasteiger partial charge in [-0.25, -0.2) is 0 Å². The molecule has 0 N–H and O–H groups in total. The summed E-state index contributed by atoms with van der Waals surface area (Å²) in [5.74, 6) is 0. The van der Waals surface area contributed by atoms with E-state index in [9.17, 15) is 0 Å². The highest BCUT2D eigenvalue weighted by molar-refractivity contribution is 7.00. The van der Waals surface area contributed by atoms with Crippen LogP contribution in [0.25, 0.3) is 27.5 Å². The Morgan fingerprint density at radius 3 is 1.32 bits per heavy atom. The Morgan fingerprint density at radius 1 is 0.304 bits per heavy atom. The van der Waals surface area contributed by atoms with Crippen molar-refractivity contribution in [3.63, 3.8) is 0 Å². The van der Waals surface area contributed by atoms with Crippen LogP contribution in [0.2, 0.25) is 0 Å². The van der Waals surface area contributed by atoms with Gasteiger partial charge in [-0.3, -0.25) is 0 Å². The lowest BCUT2D eigenvalue weighted by molar-refractivity contribution is 0.589. The first-order valence-corrected chi connectivity index (χ1v) is 28.6. The van der Waals surface area contributed by atoms with Crippen LogP contribution in [-0.4, -0.2) is 11.3 Å². The number of anilines is 9. The first kappa shape index (κ1) is 52.0. The minimum atomic E-state index is -0.153. The number of rotatable bonds is 6. The maximum absolute atomic E-state index is 2.60. The Labute approximate surface area is 471 Å². The predicted octanol–water partition coefficient (Wildman–Crippen LogP) is 18.8. The van der Waals surface area contributed by atoms with Crippen LogP contribution in [0.5, 0.6) is 0 Å². The fraction of sp³-hybridized carbons (Fsp3) is 0.270. The van der Waals surface area contributed by atoms with E-state index in [1.54, 1.807) is 0 Å². The molecule has 4 nitrogen and oxygen atoms in total. The van der Waals surface area contributed by atoms with E-state index in [2.05, 4.69) is 317 Å². The summed E-state index contributed by atoms with van der Waals surface area (Å²) in [6, 6.07) is 74.6. The van der Waals surface area contributed by atoms with Crippen LogP contribution in [0.1, 0.15) is 132 Å². The third kappa shape index (κ3) is 9.04. The van der Waals surface area contributed by atoms with E-state index in [1.165, 1.54) is 94.4 Å². The first-order valence-electron chi connectivity index (χ1n) is 28.6. The number of hydrogen-bond acceptors (Lipinski definition) is 3. The standard InChI is InChI=1S/C74H77BN4/c1-70(2,3)48-25-32-54(33-26-48)76(57-38-40-60-59-23-19-20-24-63(59)77(65(60)46-57)53-21-17-16-18-22-53)58-39-41-61-66(47-58)79(56-36-29-50(30-37-56)72(7,8)9)68-45-52(74(13,14)15)44-67-69(68)75(61)62-43-51(73(10,11)12)31-42-64(62)78(67)55-34-27-49(28-35-55)71(4,5)6/h16-47H,1-15H3. The highest BCUT2D eigenvalue weighted by Gasteiger charge is 2.45. The highest BCUT2D eigenvalue weighted by Crippen LogP contribution is 2.49. The van der Waals surface area contributed by atoms with Crippen molar-refractivity contribution in [2.75, 3.05) is 14.7 Å². The van der Waals surface area contributed by atoms with E-state index in [4.69, 9.17) is 0 Å². The van der Waals surface area contributed by atoms with Crippen LogP contribution >= 0.6 is 0 Å². The average molecular weight is 1030 g/mol. The maximum Gasteiger partial charge on any atom is 0.252 e. The molecule has 5 heteroatoms. The second kappa shape index (κ2) is 18.4. The first-order chi connectivity index (χ1) is 37.3. The van der Waals surface area contributed by atoms with E-state index in [-0.39, 0.29) is 33.8 Å². The third-order valence-electron chi connectivity index (χ3n) is 16.9. The normalized spacial score (nSPS) is 13.7. The summed E-state index contributed by atoms with van der Waals surface area (Å²) in [6.45, 7) is 34.8. The van der Waals surface area contributed by atoms with Crippen molar-refractivity contribution in [1.82, 2.24) is 4.57 Å². The van der Waals surface area contributed by atoms with Crippen LogP contribution < -0.4 is 31.1 Å². The Balaban J connectivity index is 1.16. The molecule has 0 radical (unpaired) electrons. The van der Waals surface area contributed by atoms with Gasteiger partial charge in [0.25, 0.3) is 6.71 Å². The Hall–Kier alpha value is -7.76. The predicted molar refractivity (Wildman–Crippen MR) is 343 cm³/mol. The monoisotopic (exact) mass is 1030 g/mol. The molecule has 0 spiro atoms. The molecule has 0 unspecified atom stereocenters. The Morgan fingerprint density at radius 2 is 0.759 bits per heavy atom. The van der Waals surface area contributed by atoms with Gasteiger partial charge < -0.3 is 19.3 Å². The molecule has 0 atom stereocenters. The number of hydrogen-bond donors (Lipinski definition) is 0. The lowest BCUT2D eigenvalue weighted by atomic mass is 9.33. The van der Waals surface area contributed by atoms with Crippen molar-refractivity contribution in [1.29, 1.82) is 0 Å². The molecule has 2 aliphatic heterocycles. The van der Waals surface area contributed by atoms with Gasteiger partial charge >= 0.3 is 0 Å². The molecule has 79 heavy (non-hydrogen) atoms. The largest absolute Gasteiger partial charge is 0.311 e. The third-order valence-corrected chi connectivity index (χ3v) is 16.9. The van der Waals surface area contributed by atoms with Crippen molar-refractivity contribution in [2.45, 2.75) is 131 Å². The zero-order valence-corrected chi connectivity index (χ0v) is 49.3. The number of benzene rings is 9. The van der Waals surface area contributed by atoms with Gasteiger partial charge in [-0.15, -0.1) is 0 Å². The lowest BCUT2D eigenvalue weighted by Crippen LogP contribution is -2.61. The van der Waals surface area contributed by atoms with Crippen LogP contribution in [0.15, 0.2) is 194 Å². The molecular weight excluding hydrogens is 956 g/mol. The van der Waals surface area contributed by atoms with Crippen molar-refractivity contribution in [3.8, 4) is 5.69 Å². The molecule has 0 amide bonds. The fourth-order valence-electron chi connectivity index (χ4n) is 12.3. The summed E-state index contributed by atoms with van der Waals surface area (Å²) < 4.78 is 2.43. The summed E-state index contributed by atoms with van der Waals surface area (Å²) >= 11 is 0. The molecule has 12 rings (SSSR count). The minimum Gasteiger partial charge on any atom is -0.311 e. The van der Waals surface area contributed by atoms with Crippen LogP contribution in [0.4, 0.5) is 51.2 Å². The van der Waals surface area contributed by atoms with Crippen molar-refractivity contribution in [2.24, 2.45) is 0 Å². The zero-order valence-electron chi connectivity index (χ0n) is 49.3. The smallest absolute Gasteiger partial charge is 0.252 e. The molecule has 0 aliphatic carbocycles. The summed E-state index contributed by atoms with van der Waals surface area (Å²) in [7, 11) is 0. The number of para-hydroxylation sites is 2. The average Bonchev–Trinajstić information content (AvgIpc) is 3.92. The van der Waals surface area contributed by atoms with Gasteiger partial charge in [-0.1, -0.05) is 201 Å². The van der Waals surface area contributed by atoms with E-state index in [1.807, 2.05) is 0 Å². The summed E-state index contributed by atoms with van der Waals surface area (Å²) in [4.78, 5) is 7.67. The van der Waals surface area contributed by atoms with E-state index < -0.39 is 0 Å². The second-order valence-electron chi connectivity index (χ2n) is 27.7. The molecule has 0 saturated carbocycles. The van der Waals surface area contributed by atoms with Gasteiger partial charge in [0, 0.05) is 67.6 Å². The topological polar surface area (TPSA) is 14.7 Å². The van der Waals surface area contributed by atoms with Gasteiger partial charge in [0.1, 0.15) is 0 Å². The highest BCUT2D eigenvalue weighted by atomic mass is 15.2. The maximum atomic E-state index is 2.60. The van der Waals surface area contributed by atoms with Crippen LogP contribution in [0.3, 0.4) is 0 Å². The summed E-state index contributed by atoms with van der Waals surface area (Å²) in [5, 5.41) is 2.47. The Bertz CT molecular complexity index is 3960. The molecule has 0 bridgehead atoms. The second-order valence-corrected chi connectivity index (χ2v) is 27.7. The SMILES string of the molecule is CC(C)(C)c1ccc(N(c2ccc3c(c2)N(c2ccc(C(C)(C)C)cc2)c2cc(C(C)(C)C)cc4c2B3c2cc(C(C)(C)C)ccc2N4c2ccc(C(C)(C)C)cc2)c2ccc3c4ccccc4n(-c4ccccc4)c3c2)cc1. The van der Waals surface area contributed by atoms with Crippen molar-refractivity contribution >= 4 is 96.1 Å². The van der Waals surface area contributed by atoms with Gasteiger partial charge in [0.05, 0.1) is 11.0 Å². The molecule has 2 aliphatic rings. The molecule has 0 fully saturated rings. The number of nitrogens with zero attached hydrogens (tertiary/aromatic N) is 4. The lowest BCUT2D eigenvalue weighted by Gasteiger charge is -2.45. The zero-order chi connectivity index (χ0) is 55.7. The quantitative estimate of drug-likeness (QED) is 0.154. The van der Waals surface area contributed by atoms with Gasteiger partial charge in [0.2, 0.25) is 0 Å². The van der Waals surface area contributed by atoms with Crippen LogP contribution in [0, 0.1) is 0 Å². The van der Waals surface area contributed by atoms with Gasteiger partial charge in [-0.2, -0.15) is 0 Å². The summed E-state index contributed by atoms with van der Waals surface area (Å²) in [6.07, 6.45) is 0. The molecular formula is C74H77BN4. The van der Waals surface area contributed by atoms with Gasteiger partial charge in [-0.05, 0) is 168 Å². The van der Waals surface area contributed by atoms with Crippen LogP contribution in [-0.2, 0) is 27.1 Å². The van der Waals surface area contributed by atoms with E-state index in [0.29, 0.717) is 0 Å². The number of fused-ring (bicyclic) bond motifs is 7. The Kier molecular flexibility index (Phi) is 12.1. The molecule has 1 aromatic heterocycles. The molecule has 10 aromatic rings. The molecule has 396 valence electrons. The van der Waals surface area contributed by atoms with E-state index in [0.717, 1.165) is 28.4 Å². The minimum absolute atomic E-state index is 0.000500. The van der Waals surface area contributed by atoms with Crippen molar-refractivity contribution < 1.29 is 0 Å². The number of aromatic nitrogens is 1. The summed E-state index contributed by atoms with van der Waals surface area (Å²) in [5.41, 5.74) is 24.3. The van der Waals surface area contributed by atoms with E-state index >= 15 is 0 Å².